The molecule has 0 aliphatic carbocycles. The third-order valence-corrected chi connectivity index (χ3v) is 5.67. The molecule has 2 heterocycles. The highest BCUT2D eigenvalue weighted by Gasteiger charge is 2.33. The number of carbonyl (C=O) groups excluding carboxylic acids is 2. The number of hydrogen-bond acceptors (Lipinski definition) is 5. The van der Waals surface area contributed by atoms with Gasteiger partial charge in [-0.25, -0.2) is 13.8 Å². The van der Waals surface area contributed by atoms with Crippen molar-refractivity contribution in [3.63, 3.8) is 0 Å². The Hall–Kier alpha value is -3.98. The lowest BCUT2D eigenvalue weighted by Crippen LogP contribution is -2.41. The maximum atomic E-state index is 13.6. The highest BCUT2D eigenvalue weighted by atomic mass is 32.1. The SMILES string of the molecule is O=C(Nc1ccc(F)cc1)[C@H](c1ccc(F)cc1)N(Cc1cccs1)C(=O)c1cnccn1. The van der Waals surface area contributed by atoms with E-state index in [2.05, 4.69) is 15.3 Å². The van der Waals surface area contributed by atoms with Crippen LogP contribution in [-0.2, 0) is 11.3 Å². The molecule has 0 aliphatic rings. The van der Waals surface area contributed by atoms with Crippen molar-refractivity contribution in [3.05, 3.63) is 112 Å². The number of amides is 2. The predicted molar refractivity (Wildman–Crippen MR) is 120 cm³/mol. The average molecular weight is 464 g/mol. The molecular weight excluding hydrogens is 446 g/mol. The van der Waals surface area contributed by atoms with Crippen molar-refractivity contribution in [2.45, 2.75) is 12.6 Å². The van der Waals surface area contributed by atoms with Gasteiger partial charge in [0, 0.05) is 23.0 Å². The van der Waals surface area contributed by atoms with Crippen LogP contribution in [0.1, 0.15) is 27.0 Å². The lowest BCUT2D eigenvalue weighted by molar-refractivity contribution is -0.121. The van der Waals surface area contributed by atoms with Gasteiger partial charge in [0.05, 0.1) is 12.7 Å². The van der Waals surface area contributed by atoms with Crippen LogP contribution >= 0.6 is 11.3 Å². The van der Waals surface area contributed by atoms with E-state index in [0.717, 1.165) is 4.88 Å². The van der Waals surface area contributed by atoms with E-state index in [1.54, 1.807) is 0 Å². The normalized spacial score (nSPS) is 11.6. The molecule has 0 fully saturated rings. The van der Waals surface area contributed by atoms with Crippen LogP contribution in [0.5, 0.6) is 0 Å². The molecule has 2 amide bonds. The molecule has 2 aromatic heterocycles. The van der Waals surface area contributed by atoms with Gasteiger partial charge in [0.1, 0.15) is 23.4 Å². The minimum Gasteiger partial charge on any atom is -0.324 e. The van der Waals surface area contributed by atoms with E-state index in [9.17, 15) is 18.4 Å². The summed E-state index contributed by atoms with van der Waals surface area (Å²) in [5, 5.41) is 4.59. The van der Waals surface area contributed by atoms with Gasteiger partial charge in [0.25, 0.3) is 11.8 Å². The molecule has 4 rings (SSSR count). The molecular formula is C24H18F2N4O2S. The topological polar surface area (TPSA) is 75.2 Å². The second kappa shape index (κ2) is 10.1. The van der Waals surface area contributed by atoms with Crippen LogP contribution in [0.2, 0.25) is 0 Å². The van der Waals surface area contributed by atoms with Gasteiger partial charge in [0.15, 0.2) is 0 Å². The molecule has 0 radical (unpaired) electrons. The van der Waals surface area contributed by atoms with Crippen LogP contribution in [-0.4, -0.2) is 26.7 Å². The van der Waals surface area contributed by atoms with Gasteiger partial charge in [-0.05, 0) is 53.4 Å². The Morgan fingerprint density at radius 2 is 1.67 bits per heavy atom. The van der Waals surface area contributed by atoms with Crippen LogP contribution < -0.4 is 5.32 Å². The maximum absolute atomic E-state index is 13.6. The first kappa shape index (κ1) is 22.2. The van der Waals surface area contributed by atoms with Gasteiger partial charge >= 0.3 is 0 Å². The molecule has 1 N–H and O–H groups in total. The van der Waals surface area contributed by atoms with Crippen molar-refractivity contribution in [2.24, 2.45) is 0 Å². The van der Waals surface area contributed by atoms with Crippen molar-refractivity contribution >= 4 is 28.8 Å². The monoisotopic (exact) mass is 464 g/mol. The first-order valence-electron chi connectivity index (χ1n) is 9.92. The summed E-state index contributed by atoms with van der Waals surface area (Å²) in [6.07, 6.45) is 4.16. The Balaban J connectivity index is 1.76. The Morgan fingerprint density at radius 1 is 0.970 bits per heavy atom. The lowest BCUT2D eigenvalue weighted by Gasteiger charge is -2.31. The number of benzene rings is 2. The summed E-state index contributed by atoms with van der Waals surface area (Å²) < 4.78 is 26.9. The number of nitrogens with one attached hydrogen (secondary N) is 1. The van der Waals surface area contributed by atoms with Crippen molar-refractivity contribution in [1.29, 1.82) is 0 Å². The summed E-state index contributed by atoms with van der Waals surface area (Å²) >= 11 is 1.43. The molecule has 0 unspecified atom stereocenters. The zero-order chi connectivity index (χ0) is 23.2. The molecule has 33 heavy (non-hydrogen) atoms. The molecule has 0 spiro atoms. The quantitative estimate of drug-likeness (QED) is 0.425. The molecule has 0 bridgehead atoms. The summed E-state index contributed by atoms with van der Waals surface area (Å²) in [5.41, 5.74) is 0.831. The number of nitrogens with zero attached hydrogens (tertiary/aromatic N) is 3. The first-order chi connectivity index (χ1) is 16.0. The van der Waals surface area contributed by atoms with Crippen molar-refractivity contribution < 1.29 is 18.4 Å². The summed E-state index contributed by atoms with van der Waals surface area (Å²) in [7, 11) is 0. The molecule has 9 heteroatoms. The minimum absolute atomic E-state index is 0.0655. The summed E-state index contributed by atoms with van der Waals surface area (Å²) in [5.74, 6) is -1.97. The molecule has 166 valence electrons. The average Bonchev–Trinajstić information content (AvgIpc) is 3.35. The first-order valence-corrected chi connectivity index (χ1v) is 10.8. The highest BCUT2D eigenvalue weighted by Crippen LogP contribution is 2.28. The standard InChI is InChI=1S/C24H18F2N4O2S/c25-17-5-3-16(4-6-17)22(23(31)29-19-9-7-18(26)8-10-19)30(15-20-2-1-13-33-20)24(32)21-14-27-11-12-28-21/h1-14,22H,15H2,(H,29,31)/t22-/m0/s1. The molecule has 0 saturated heterocycles. The fourth-order valence-electron chi connectivity index (χ4n) is 3.27. The van der Waals surface area contributed by atoms with Gasteiger partial charge < -0.3 is 10.2 Å². The van der Waals surface area contributed by atoms with E-state index >= 15 is 0 Å². The van der Waals surface area contributed by atoms with Gasteiger partial charge in [0.2, 0.25) is 0 Å². The van der Waals surface area contributed by atoms with Crippen molar-refractivity contribution in [3.8, 4) is 0 Å². The largest absolute Gasteiger partial charge is 0.324 e. The summed E-state index contributed by atoms with van der Waals surface area (Å²) in [4.78, 5) is 37.2. The van der Waals surface area contributed by atoms with E-state index in [0.29, 0.717) is 11.3 Å². The number of aromatic nitrogens is 2. The van der Waals surface area contributed by atoms with Crippen LogP contribution in [0.15, 0.2) is 84.6 Å². The maximum Gasteiger partial charge on any atom is 0.275 e. The second-order valence-corrected chi connectivity index (χ2v) is 8.09. The summed E-state index contributed by atoms with van der Waals surface area (Å²) in [6.45, 7) is 0.117. The van der Waals surface area contributed by atoms with E-state index < -0.39 is 29.5 Å². The Labute approximate surface area is 192 Å². The van der Waals surface area contributed by atoms with Gasteiger partial charge in [-0.2, -0.15) is 0 Å². The fourth-order valence-corrected chi connectivity index (χ4v) is 3.97. The Morgan fingerprint density at radius 3 is 2.27 bits per heavy atom. The van der Waals surface area contributed by atoms with Gasteiger partial charge in [-0.3, -0.25) is 14.6 Å². The fraction of sp³-hybridized carbons (Fsp3) is 0.0833. The zero-order valence-electron chi connectivity index (χ0n) is 17.2. The number of rotatable bonds is 7. The number of carbonyl (C=O) groups is 2. The van der Waals surface area contributed by atoms with Crippen molar-refractivity contribution in [2.75, 3.05) is 5.32 Å². The highest BCUT2D eigenvalue weighted by molar-refractivity contribution is 7.09. The van der Waals surface area contributed by atoms with Crippen molar-refractivity contribution in [1.82, 2.24) is 14.9 Å². The zero-order valence-corrected chi connectivity index (χ0v) is 18.0. The third-order valence-electron chi connectivity index (χ3n) is 4.81. The molecule has 0 aliphatic heterocycles. The molecule has 2 aromatic carbocycles. The van der Waals surface area contributed by atoms with E-state index in [1.807, 2.05) is 17.5 Å². The molecule has 1 atom stereocenters. The third kappa shape index (κ3) is 5.45. The van der Waals surface area contributed by atoms with Crippen LogP contribution in [0, 0.1) is 11.6 Å². The number of anilines is 1. The second-order valence-electron chi connectivity index (χ2n) is 7.05. The minimum atomic E-state index is -1.12. The van der Waals surface area contributed by atoms with Gasteiger partial charge in [-0.15, -0.1) is 11.3 Å². The Kier molecular flexibility index (Phi) is 6.80. The number of hydrogen-bond donors (Lipinski definition) is 1. The van der Waals surface area contributed by atoms with Gasteiger partial charge in [-0.1, -0.05) is 18.2 Å². The van der Waals surface area contributed by atoms with E-state index in [4.69, 9.17) is 0 Å². The number of halogens is 2. The molecule has 6 nitrogen and oxygen atoms in total. The molecule has 4 aromatic rings. The Bertz CT molecular complexity index is 1220. The van der Waals surface area contributed by atoms with E-state index in [-0.39, 0.29) is 12.2 Å². The van der Waals surface area contributed by atoms with Crippen LogP contribution in [0.4, 0.5) is 14.5 Å². The number of thiophene rings is 1. The van der Waals surface area contributed by atoms with Crippen LogP contribution in [0.3, 0.4) is 0 Å². The molecule has 0 saturated carbocycles. The van der Waals surface area contributed by atoms with Crippen LogP contribution in [0.25, 0.3) is 0 Å². The smallest absolute Gasteiger partial charge is 0.275 e. The van der Waals surface area contributed by atoms with E-state index in [1.165, 1.54) is 83.4 Å². The lowest BCUT2D eigenvalue weighted by atomic mass is 10.0. The predicted octanol–water partition coefficient (Wildman–Crippen LogP) is 4.84. The summed E-state index contributed by atoms with van der Waals surface area (Å²) in [6, 6.07) is 13.2.